The van der Waals surface area contributed by atoms with Crippen molar-refractivity contribution in [3.8, 4) is 0 Å². The molecule has 19 heavy (non-hydrogen) atoms. The molecule has 1 aromatic heterocycles. The van der Waals surface area contributed by atoms with Gasteiger partial charge in [0.05, 0.1) is 16.9 Å². The van der Waals surface area contributed by atoms with Crippen LogP contribution in [0.5, 0.6) is 0 Å². The highest BCUT2D eigenvalue weighted by atomic mass is 35.5. The molecule has 5 heteroatoms. The monoisotopic (exact) mass is 279 g/mol. The Labute approximate surface area is 117 Å². The fraction of sp³-hybridized carbons (Fsp3) is 0.357. The standard InChI is InChI=1S/C14H18ClN3O/c1-10(2)18-13(12(15)8-17-18)14(19,9-16)11-6-4-3-5-7-11/h3-8,10,19H,9,16H2,1-2H3. The molecule has 1 unspecified atom stereocenters. The molecular weight excluding hydrogens is 262 g/mol. The van der Waals surface area contributed by atoms with E-state index in [-0.39, 0.29) is 12.6 Å². The van der Waals surface area contributed by atoms with Gasteiger partial charge >= 0.3 is 0 Å². The third-order valence-electron chi connectivity index (χ3n) is 3.18. The normalized spacial score (nSPS) is 14.6. The Hall–Kier alpha value is -1.36. The van der Waals surface area contributed by atoms with Crippen LogP contribution in [0, 0.1) is 0 Å². The van der Waals surface area contributed by atoms with Crippen LogP contribution in [0.2, 0.25) is 5.02 Å². The number of aromatic nitrogens is 2. The van der Waals surface area contributed by atoms with Gasteiger partial charge in [0.25, 0.3) is 0 Å². The minimum absolute atomic E-state index is 0.0369. The van der Waals surface area contributed by atoms with E-state index in [1.807, 2.05) is 44.2 Å². The van der Waals surface area contributed by atoms with E-state index < -0.39 is 5.60 Å². The number of benzene rings is 1. The molecule has 0 aliphatic carbocycles. The second-order valence-electron chi connectivity index (χ2n) is 4.81. The first-order valence-corrected chi connectivity index (χ1v) is 6.60. The molecule has 3 N–H and O–H groups in total. The van der Waals surface area contributed by atoms with Gasteiger partial charge in [-0.3, -0.25) is 4.68 Å². The summed E-state index contributed by atoms with van der Waals surface area (Å²) in [6.07, 6.45) is 1.54. The quantitative estimate of drug-likeness (QED) is 0.903. The molecule has 102 valence electrons. The Bertz CT molecular complexity index is 553. The number of hydrogen-bond acceptors (Lipinski definition) is 3. The second-order valence-corrected chi connectivity index (χ2v) is 5.22. The highest BCUT2D eigenvalue weighted by Gasteiger charge is 2.36. The summed E-state index contributed by atoms with van der Waals surface area (Å²) in [5.74, 6) is 0. The molecular formula is C14H18ClN3O. The van der Waals surface area contributed by atoms with Crippen LogP contribution in [0.15, 0.2) is 36.5 Å². The van der Waals surface area contributed by atoms with E-state index in [0.29, 0.717) is 16.3 Å². The zero-order valence-electron chi connectivity index (χ0n) is 11.0. The van der Waals surface area contributed by atoms with Gasteiger partial charge in [-0.25, -0.2) is 0 Å². The molecule has 0 saturated carbocycles. The highest BCUT2D eigenvalue weighted by molar-refractivity contribution is 6.31. The predicted molar refractivity (Wildman–Crippen MR) is 76.1 cm³/mol. The maximum atomic E-state index is 11.0. The summed E-state index contributed by atoms with van der Waals surface area (Å²) >= 11 is 6.20. The zero-order valence-corrected chi connectivity index (χ0v) is 11.8. The molecule has 2 aromatic rings. The summed E-state index contributed by atoms with van der Waals surface area (Å²) in [5, 5.41) is 15.6. The van der Waals surface area contributed by atoms with Crippen molar-refractivity contribution in [3.63, 3.8) is 0 Å². The van der Waals surface area contributed by atoms with Gasteiger partial charge in [0.2, 0.25) is 0 Å². The third-order valence-corrected chi connectivity index (χ3v) is 3.46. The summed E-state index contributed by atoms with van der Waals surface area (Å²) in [6, 6.07) is 9.37. The largest absolute Gasteiger partial charge is 0.377 e. The number of nitrogens with zero attached hydrogens (tertiary/aromatic N) is 2. The molecule has 0 amide bonds. The first-order chi connectivity index (χ1) is 9.00. The van der Waals surface area contributed by atoms with E-state index in [2.05, 4.69) is 5.10 Å². The van der Waals surface area contributed by atoms with E-state index >= 15 is 0 Å². The van der Waals surface area contributed by atoms with Crippen LogP contribution in [0.4, 0.5) is 0 Å². The van der Waals surface area contributed by atoms with Crippen LogP contribution in [0.3, 0.4) is 0 Å². The molecule has 1 heterocycles. The zero-order chi connectivity index (χ0) is 14.0. The van der Waals surface area contributed by atoms with Crippen LogP contribution in [0.25, 0.3) is 0 Å². The Morgan fingerprint density at radius 1 is 1.37 bits per heavy atom. The van der Waals surface area contributed by atoms with Crippen molar-refractivity contribution < 1.29 is 5.11 Å². The first-order valence-electron chi connectivity index (χ1n) is 6.22. The van der Waals surface area contributed by atoms with Gasteiger partial charge in [0, 0.05) is 12.6 Å². The van der Waals surface area contributed by atoms with Crippen molar-refractivity contribution in [1.29, 1.82) is 0 Å². The smallest absolute Gasteiger partial charge is 0.145 e. The van der Waals surface area contributed by atoms with E-state index in [4.69, 9.17) is 17.3 Å². The predicted octanol–water partition coefficient (Wildman–Crippen LogP) is 2.31. The fourth-order valence-electron chi connectivity index (χ4n) is 2.18. The molecule has 0 saturated heterocycles. The SMILES string of the molecule is CC(C)n1ncc(Cl)c1C(O)(CN)c1ccccc1. The van der Waals surface area contributed by atoms with E-state index in [1.165, 1.54) is 0 Å². The molecule has 0 spiro atoms. The minimum Gasteiger partial charge on any atom is -0.377 e. The Morgan fingerprint density at radius 3 is 2.53 bits per heavy atom. The van der Waals surface area contributed by atoms with Crippen LogP contribution in [0.1, 0.15) is 31.1 Å². The molecule has 1 aromatic carbocycles. The number of aliphatic hydroxyl groups is 1. The third kappa shape index (κ3) is 2.39. The molecule has 0 aliphatic heterocycles. The van der Waals surface area contributed by atoms with Crippen LogP contribution in [-0.4, -0.2) is 21.4 Å². The number of nitrogens with two attached hydrogens (primary N) is 1. The van der Waals surface area contributed by atoms with Crippen molar-refractivity contribution in [2.75, 3.05) is 6.54 Å². The maximum absolute atomic E-state index is 11.0. The van der Waals surface area contributed by atoms with Crippen LogP contribution < -0.4 is 5.73 Å². The lowest BCUT2D eigenvalue weighted by atomic mass is 9.90. The maximum Gasteiger partial charge on any atom is 0.145 e. The van der Waals surface area contributed by atoms with Crippen LogP contribution >= 0.6 is 11.6 Å². The summed E-state index contributed by atoms with van der Waals surface area (Å²) in [7, 11) is 0. The van der Waals surface area contributed by atoms with Crippen molar-refractivity contribution in [2.24, 2.45) is 5.73 Å². The van der Waals surface area contributed by atoms with E-state index in [9.17, 15) is 5.11 Å². The highest BCUT2D eigenvalue weighted by Crippen LogP contribution is 2.34. The molecule has 1 atom stereocenters. The second kappa shape index (κ2) is 5.33. The fourth-order valence-corrected chi connectivity index (χ4v) is 2.47. The lowest BCUT2D eigenvalue weighted by molar-refractivity contribution is 0.0786. The van der Waals surface area contributed by atoms with Gasteiger partial charge in [-0.05, 0) is 19.4 Å². The molecule has 0 bridgehead atoms. The van der Waals surface area contributed by atoms with E-state index in [1.54, 1.807) is 10.9 Å². The molecule has 0 aliphatic rings. The molecule has 0 radical (unpaired) electrons. The van der Waals surface area contributed by atoms with Gasteiger partial charge < -0.3 is 10.8 Å². The molecule has 0 fully saturated rings. The average molecular weight is 280 g/mol. The van der Waals surface area contributed by atoms with Crippen molar-refractivity contribution >= 4 is 11.6 Å². The Balaban J connectivity index is 2.63. The Morgan fingerprint density at radius 2 is 2.00 bits per heavy atom. The van der Waals surface area contributed by atoms with Crippen molar-refractivity contribution in [2.45, 2.75) is 25.5 Å². The van der Waals surface area contributed by atoms with Crippen molar-refractivity contribution in [3.05, 3.63) is 52.8 Å². The van der Waals surface area contributed by atoms with Gasteiger partial charge in [-0.2, -0.15) is 5.10 Å². The summed E-state index contributed by atoms with van der Waals surface area (Å²) < 4.78 is 1.71. The topological polar surface area (TPSA) is 64.1 Å². The van der Waals surface area contributed by atoms with Gasteiger partial charge in [0.1, 0.15) is 5.60 Å². The van der Waals surface area contributed by atoms with Crippen LogP contribution in [-0.2, 0) is 5.60 Å². The van der Waals surface area contributed by atoms with Gasteiger partial charge in [0.15, 0.2) is 0 Å². The minimum atomic E-state index is -1.33. The van der Waals surface area contributed by atoms with E-state index in [0.717, 1.165) is 0 Å². The summed E-state index contributed by atoms with van der Waals surface area (Å²) in [5.41, 5.74) is 5.73. The van der Waals surface area contributed by atoms with Crippen molar-refractivity contribution in [1.82, 2.24) is 9.78 Å². The summed E-state index contributed by atoms with van der Waals surface area (Å²) in [6.45, 7) is 4.00. The molecule has 2 rings (SSSR count). The average Bonchev–Trinajstić information content (AvgIpc) is 2.81. The number of halogens is 1. The lowest BCUT2D eigenvalue weighted by Crippen LogP contribution is -2.39. The number of rotatable bonds is 4. The first kappa shape index (κ1) is 14.1. The Kier molecular flexibility index (Phi) is 3.94. The van der Waals surface area contributed by atoms with Gasteiger partial charge in [-0.15, -0.1) is 0 Å². The number of hydrogen-bond donors (Lipinski definition) is 2. The summed E-state index contributed by atoms with van der Waals surface area (Å²) in [4.78, 5) is 0. The molecule has 4 nitrogen and oxygen atoms in total. The van der Waals surface area contributed by atoms with Gasteiger partial charge in [-0.1, -0.05) is 41.9 Å². The lowest BCUT2D eigenvalue weighted by Gasteiger charge is -2.29.